The smallest absolute Gasteiger partial charge is 0.240 e. The topological polar surface area (TPSA) is 78.4 Å². The number of anilines is 1. The van der Waals surface area contributed by atoms with Crippen LogP contribution in [0.15, 0.2) is 0 Å². The van der Waals surface area contributed by atoms with Crippen LogP contribution in [0.4, 0.5) is 5.13 Å². The number of aryl methyl sites for hydroxylation is 1. The van der Waals surface area contributed by atoms with Gasteiger partial charge < -0.3 is 5.11 Å². The largest absolute Gasteiger partial charge is 0.389 e. The Kier molecular flexibility index (Phi) is 6.50. The van der Waals surface area contributed by atoms with Gasteiger partial charge in [0, 0.05) is 12.5 Å². The van der Waals surface area contributed by atoms with E-state index in [0.29, 0.717) is 11.7 Å². The molecule has 1 aromatic rings. The van der Waals surface area contributed by atoms with Crippen LogP contribution in [0.1, 0.15) is 57.9 Å². The van der Waals surface area contributed by atoms with Gasteiger partial charge in [-0.2, -0.15) is 0 Å². The molecule has 1 aromatic heterocycles. The van der Waals surface area contributed by atoms with Crippen molar-refractivity contribution in [1.82, 2.24) is 15.1 Å². The van der Waals surface area contributed by atoms with E-state index in [9.17, 15) is 9.90 Å². The Morgan fingerprint density at radius 2 is 2.22 bits per heavy atom. The summed E-state index contributed by atoms with van der Waals surface area (Å²) in [5.41, 5.74) is -0.786. The number of amides is 1. The molecule has 2 N–H and O–H groups in total. The number of nitrogens with one attached hydrogen (secondary N) is 1. The first-order valence-corrected chi connectivity index (χ1v) is 9.30. The molecule has 1 aliphatic rings. The number of rotatable bonds is 8. The lowest BCUT2D eigenvalue weighted by Crippen LogP contribution is -2.48. The molecule has 1 saturated heterocycles. The number of hydrogen-bond acceptors (Lipinski definition) is 6. The molecule has 0 saturated carbocycles. The van der Waals surface area contributed by atoms with E-state index in [4.69, 9.17) is 0 Å². The van der Waals surface area contributed by atoms with Crippen LogP contribution in [0.5, 0.6) is 0 Å². The zero-order valence-corrected chi connectivity index (χ0v) is 15.2. The summed E-state index contributed by atoms with van der Waals surface area (Å²) in [7, 11) is 0. The highest BCUT2D eigenvalue weighted by Gasteiger charge is 2.36. The highest BCUT2D eigenvalue weighted by molar-refractivity contribution is 7.15. The number of aromatic nitrogens is 2. The van der Waals surface area contributed by atoms with E-state index in [2.05, 4.69) is 27.3 Å². The Labute approximate surface area is 142 Å². The first kappa shape index (κ1) is 18.3. The van der Waals surface area contributed by atoms with Gasteiger partial charge in [0.2, 0.25) is 11.0 Å². The number of likely N-dealkylation sites (tertiary alicyclic amines) is 1. The second-order valence-corrected chi connectivity index (χ2v) is 7.85. The number of nitrogens with zero attached hydrogens (tertiary/aromatic N) is 3. The normalized spacial score (nSPS) is 19.2. The summed E-state index contributed by atoms with van der Waals surface area (Å²) in [5, 5.41) is 22.8. The van der Waals surface area contributed by atoms with Crippen LogP contribution in [0.25, 0.3) is 0 Å². The first-order valence-electron chi connectivity index (χ1n) is 8.48. The molecule has 1 atom stereocenters. The van der Waals surface area contributed by atoms with E-state index in [1.165, 1.54) is 24.2 Å². The van der Waals surface area contributed by atoms with Gasteiger partial charge in [-0.15, -0.1) is 10.2 Å². The van der Waals surface area contributed by atoms with Gasteiger partial charge in [-0.3, -0.25) is 15.0 Å². The van der Waals surface area contributed by atoms with Gasteiger partial charge in [0.15, 0.2) is 0 Å². The molecular weight excluding hydrogens is 312 g/mol. The number of hydrogen-bond donors (Lipinski definition) is 2. The van der Waals surface area contributed by atoms with Crippen molar-refractivity contribution < 1.29 is 9.90 Å². The van der Waals surface area contributed by atoms with E-state index < -0.39 is 5.60 Å². The van der Waals surface area contributed by atoms with Gasteiger partial charge in [-0.05, 0) is 39.7 Å². The van der Waals surface area contributed by atoms with Crippen molar-refractivity contribution in [1.29, 1.82) is 0 Å². The molecule has 130 valence electrons. The number of unbranched alkanes of at least 4 members (excludes halogenated alkanes) is 2. The third-order valence-electron chi connectivity index (χ3n) is 4.23. The molecule has 2 rings (SSSR count). The zero-order valence-electron chi connectivity index (χ0n) is 14.3. The average Bonchev–Trinajstić information content (AvgIpc) is 3.08. The zero-order chi connectivity index (χ0) is 16.9. The minimum atomic E-state index is -0.786. The third kappa shape index (κ3) is 5.51. The highest BCUT2D eigenvalue weighted by atomic mass is 32.1. The fourth-order valence-corrected chi connectivity index (χ4v) is 3.89. The molecule has 0 aliphatic carbocycles. The van der Waals surface area contributed by atoms with Gasteiger partial charge in [-0.1, -0.05) is 31.1 Å². The maximum absolute atomic E-state index is 12.2. The average molecular weight is 340 g/mol. The van der Waals surface area contributed by atoms with Crippen molar-refractivity contribution in [2.45, 2.75) is 70.9 Å². The molecule has 1 unspecified atom stereocenters. The van der Waals surface area contributed by atoms with Gasteiger partial charge >= 0.3 is 0 Å². The molecule has 6 nitrogen and oxygen atoms in total. The second kappa shape index (κ2) is 8.17. The molecule has 0 aromatic carbocycles. The van der Waals surface area contributed by atoms with Crippen molar-refractivity contribution in [3.8, 4) is 0 Å². The summed E-state index contributed by atoms with van der Waals surface area (Å²) in [6.07, 6.45) is 6.35. The van der Waals surface area contributed by atoms with Crippen LogP contribution < -0.4 is 5.32 Å². The van der Waals surface area contributed by atoms with Crippen molar-refractivity contribution in [3.63, 3.8) is 0 Å². The molecule has 1 amide bonds. The highest BCUT2D eigenvalue weighted by Crippen LogP contribution is 2.26. The van der Waals surface area contributed by atoms with Gasteiger partial charge in [-0.25, -0.2) is 0 Å². The summed E-state index contributed by atoms with van der Waals surface area (Å²) >= 11 is 1.45. The van der Waals surface area contributed by atoms with Crippen molar-refractivity contribution in [2.75, 3.05) is 18.4 Å². The molecule has 7 heteroatoms. The summed E-state index contributed by atoms with van der Waals surface area (Å²) in [5.74, 6) is -0.0857. The molecule has 1 fully saturated rings. The van der Waals surface area contributed by atoms with E-state index >= 15 is 0 Å². The van der Waals surface area contributed by atoms with Crippen LogP contribution in [-0.2, 0) is 11.2 Å². The van der Waals surface area contributed by atoms with Gasteiger partial charge in [0.25, 0.3) is 0 Å². The maximum atomic E-state index is 12.2. The van der Waals surface area contributed by atoms with E-state index in [-0.39, 0.29) is 11.9 Å². The standard InChI is InChI=1S/C16H28N4O2S/c1-4-5-6-9-14-18-19-15(23-14)17-13(21)11-20-10-7-8-12(20)16(2,3)22/h12,22H,4-11H2,1-3H3,(H,17,19,21). The summed E-state index contributed by atoms with van der Waals surface area (Å²) in [6, 6.07) is 0.0345. The summed E-state index contributed by atoms with van der Waals surface area (Å²) < 4.78 is 0. The predicted octanol–water partition coefficient (Wildman–Crippen LogP) is 2.44. The summed E-state index contributed by atoms with van der Waals surface area (Å²) in [4.78, 5) is 14.3. The Morgan fingerprint density at radius 1 is 1.43 bits per heavy atom. The summed E-state index contributed by atoms with van der Waals surface area (Å²) in [6.45, 7) is 6.92. The minimum Gasteiger partial charge on any atom is -0.389 e. The van der Waals surface area contributed by atoms with Crippen LogP contribution in [0.2, 0.25) is 0 Å². The fourth-order valence-electron chi connectivity index (χ4n) is 3.09. The van der Waals surface area contributed by atoms with Crippen molar-refractivity contribution in [2.24, 2.45) is 0 Å². The lowest BCUT2D eigenvalue weighted by molar-refractivity contribution is -0.118. The predicted molar refractivity (Wildman–Crippen MR) is 92.7 cm³/mol. The number of carbonyl (C=O) groups is 1. The molecule has 23 heavy (non-hydrogen) atoms. The van der Waals surface area contributed by atoms with Gasteiger partial charge in [0.05, 0.1) is 12.1 Å². The van der Waals surface area contributed by atoms with E-state index in [1.807, 2.05) is 0 Å². The van der Waals surface area contributed by atoms with Crippen LogP contribution >= 0.6 is 11.3 Å². The molecule has 0 spiro atoms. The Bertz CT molecular complexity index is 512. The van der Waals surface area contributed by atoms with Crippen LogP contribution in [0, 0.1) is 0 Å². The third-order valence-corrected chi connectivity index (χ3v) is 5.13. The van der Waals surface area contributed by atoms with Crippen LogP contribution in [-0.4, -0.2) is 50.8 Å². The Balaban J connectivity index is 1.83. The molecule has 0 radical (unpaired) electrons. The van der Waals surface area contributed by atoms with E-state index in [1.54, 1.807) is 13.8 Å². The van der Waals surface area contributed by atoms with Gasteiger partial charge in [0.1, 0.15) is 5.01 Å². The minimum absolute atomic E-state index is 0.0345. The van der Waals surface area contributed by atoms with E-state index in [0.717, 1.165) is 37.2 Å². The number of aliphatic hydroxyl groups is 1. The lowest BCUT2D eigenvalue weighted by atomic mass is 9.97. The molecule has 1 aliphatic heterocycles. The maximum Gasteiger partial charge on any atom is 0.240 e. The number of carbonyl (C=O) groups excluding carboxylic acids is 1. The fraction of sp³-hybridized carbons (Fsp3) is 0.812. The Morgan fingerprint density at radius 3 is 2.91 bits per heavy atom. The van der Waals surface area contributed by atoms with Crippen LogP contribution in [0.3, 0.4) is 0 Å². The molecule has 0 bridgehead atoms. The molecule has 2 heterocycles. The quantitative estimate of drug-likeness (QED) is 0.711. The van der Waals surface area contributed by atoms with Crippen molar-refractivity contribution in [3.05, 3.63) is 5.01 Å². The molecular formula is C16H28N4O2S. The Hall–Kier alpha value is -1.05. The second-order valence-electron chi connectivity index (χ2n) is 6.79. The van der Waals surface area contributed by atoms with Crippen molar-refractivity contribution >= 4 is 22.4 Å². The SMILES string of the molecule is CCCCCc1nnc(NC(=O)CN2CCCC2C(C)(C)O)s1. The monoisotopic (exact) mass is 340 g/mol. The lowest BCUT2D eigenvalue weighted by Gasteiger charge is -2.33. The first-order chi connectivity index (χ1) is 10.9.